The van der Waals surface area contributed by atoms with E-state index in [4.69, 9.17) is 15.9 Å². The number of carboxylic acid groups (broad SMARTS) is 1. The quantitative estimate of drug-likeness (QED) is 0.154. The summed E-state index contributed by atoms with van der Waals surface area (Å²) >= 11 is 0. The predicted molar refractivity (Wildman–Crippen MR) is 165 cm³/mol. The van der Waals surface area contributed by atoms with Gasteiger partial charge >= 0.3 is 5.97 Å². The minimum Gasteiger partial charge on any atom is -0.480 e. The number of hydrogen-bond acceptors (Lipinski definition) is 9. The zero-order valence-corrected chi connectivity index (χ0v) is 24.6. The molecule has 0 saturated carbocycles. The Labute approximate surface area is 261 Å². The number of benzene rings is 2. The van der Waals surface area contributed by atoms with Crippen LogP contribution in [0, 0.1) is 5.82 Å². The number of hydrogen-bond donors (Lipinski definition) is 5. The fourth-order valence-electron chi connectivity index (χ4n) is 5.58. The van der Waals surface area contributed by atoms with Gasteiger partial charge in [-0.2, -0.15) is 5.10 Å². The number of aliphatic hydroxyl groups excluding tert-OH is 1. The zero-order chi connectivity index (χ0) is 32.6. The maximum Gasteiger partial charge on any atom is 0.328 e. The zero-order valence-electron chi connectivity index (χ0n) is 24.6. The Bertz CT molecular complexity index is 2000. The van der Waals surface area contributed by atoms with E-state index in [0.29, 0.717) is 39.8 Å². The summed E-state index contributed by atoms with van der Waals surface area (Å²) in [5.41, 5.74) is 8.41. The number of amides is 2. The number of nitrogens with zero attached hydrogens (tertiary/aromatic N) is 5. The fourth-order valence-corrected chi connectivity index (χ4v) is 5.58. The number of anilines is 2. The number of halogens is 1. The summed E-state index contributed by atoms with van der Waals surface area (Å²) in [6.07, 6.45) is 1.93. The average Bonchev–Trinajstić information content (AvgIpc) is 3.54. The first-order valence-corrected chi connectivity index (χ1v) is 14.4. The molecule has 2 amide bonds. The first-order chi connectivity index (χ1) is 22.1. The molecule has 3 aromatic heterocycles. The van der Waals surface area contributed by atoms with Crippen molar-refractivity contribution in [3.63, 3.8) is 0 Å². The van der Waals surface area contributed by atoms with Crippen LogP contribution in [-0.2, 0) is 32.8 Å². The summed E-state index contributed by atoms with van der Waals surface area (Å²) in [5.74, 6) is -2.05. The molecular formula is C32H29FN8O5. The molecule has 2 aromatic carbocycles. The number of carboxylic acids is 1. The van der Waals surface area contributed by atoms with Crippen LogP contribution < -0.4 is 16.4 Å². The highest BCUT2D eigenvalue weighted by Gasteiger charge is 2.47. The van der Waals surface area contributed by atoms with E-state index in [9.17, 15) is 18.8 Å². The highest BCUT2D eigenvalue weighted by atomic mass is 19.1. The van der Waals surface area contributed by atoms with Crippen LogP contribution in [0.4, 0.5) is 16.0 Å². The molecule has 46 heavy (non-hydrogen) atoms. The summed E-state index contributed by atoms with van der Waals surface area (Å²) < 4.78 is 16.0. The Balaban J connectivity index is 1.28. The number of aliphatic carboxylic acids is 1. The van der Waals surface area contributed by atoms with Crippen LogP contribution in [-0.4, -0.2) is 65.4 Å². The number of aromatic nitrogens is 5. The molecule has 1 unspecified atom stereocenters. The van der Waals surface area contributed by atoms with Gasteiger partial charge in [-0.1, -0.05) is 42.5 Å². The van der Waals surface area contributed by atoms with Gasteiger partial charge in [-0.15, -0.1) is 0 Å². The van der Waals surface area contributed by atoms with Crippen molar-refractivity contribution in [2.75, 3.05) is 17.7 Å². The van der Waals surface area contributed by atoms with Crippen LogP contribution in [0.3, 0.4) is 0 Å². The highest BCUT2D eigenvalue weighted by Crippen LogP contribution is 2.45. The largest absolute Gasteiger partial charge is 0.480 e. The van der Waals surface area contributed by atoms with E-state index in [1.165, 1.54) is 6.07 Å². The van der Waals surface area contributed by atoms with E-state index in [1.807, 2.05) is 0 Å². The fraction of sp³-hybridized carbons (Fsp3) is 0.219. The second kappa shape index (κ2) is 12.0. The molecule has 6 N–H and O–H groups in total. The molecule has 0 fully saturated rings. The molecule has 4 heterocycles. The first-order valence-electron chi connectivity index (χ1n) is 14.4. The molecule has 5 aromatic rings. The first kappa shape index (κ1) is 30.3. The van der Waals surface area contributed by atoms with Crippen LogP contribution in [0.15, 0.2) is 66.9 Å². The van der Waals surface area contributed by atoms with Gasteiger partial charge in [-0.3, -0.25) is 9.59 Å². The Morgan fingerprint density at radius 1 is 1.11 bits per heavy atom. The Kier molecular flexibility index (Phi) is 7.88. The van der Waals surface area contributed by atoms with Crippen molar-refractivity contribution in [3.05, 3.63) is 94.9 Å². The van der Waals surface area contributed by atoms with Gasteiger partial charge < -0.3 is 26.6 Å². The third kappa shape index (κ3) is 5.38. The van der Waals surface area contributed by atoms with Crippen molar-refractivity contribution in [3.8, 4) is 11.5 Å². The lowest BCUT2D eigenvalue weighted by molar-refractivity contribution is -0.142. The maximum absolute atomic E-state index is 14.4. The molecule has 0 aliphatic carbocycles. The number of nitrogens with one attached hydrogen (secondary N) is 2. The average molecular weight is 625 g/mol. The third-order valence-electron chi connectivity index (χ3n) is 8.11. The Morgan fingerprint density at radius 2 is 1.87 bits per heavy atom. The number of nitrogen functional groups attached to an aromatic ring is 1. The summed E-state index contributed by atoms with van der Waals surface area (Å²) in [5, 5.41) is 28.5. The topological polar surface area (TPSA) is 198 Å². The molecule has 13 nitrogen and oxygen atoms in total. The molecule has 1 aliphatic rings. The van der Waals surface area contributed by atoms with E-state index in [2.05, 4.69) is 30.7 Å². The van der Waals surface area contributed by atoms with Gasteiger partial charge in [0.2, 0.25) is 11.8 Å². The summed E-state index contributed by atoms with van der Waals surface area (Å²) in [4.78, 5) is 50.3. The highest BCUT2D eigenvalue weighted by molar-refractivity contribution is 6.09. The minimum atomic E-state index is -1.37. The van der Waals surface area contributed by atoms with Crippen LogP contribution in [0.1, 0.15) is 35.6 Å². The Hall–Kier alpha value is -5.76. The lowest BCUT2D eigenvalue weighted by atomic mass is 9.77. The van der Waals surface area contributed by atoms with Gasteiger partial charge in [0.15, 0.2) is 11.5 Å². The predicted octanol–water partition coefficient (Wildman–Crippen LogP) is 2.41. The number of aryl methyl sites for hydroxylation is 1. The molecule has 14 heteroatoms. The number of carbonyl (C=O) groups is 3. The van der Waals surface area contributed by atoms with Crippen LogP contribution in [0.25, 0.3) is 22.6 Å². The SMILES string of the molecule is CC1(c2ccc(CCC(=O)N[C@H](CO)C(=O)O)cc2)C(=O)Nc2nc(-c3nn(Cc4ccccc4F)c4ncccc34)nc(N)c21. The molecule has 0 bridgehead atoms. The molecule has 2 atom stereocenters. The molecule has 234 valence electrons. The smallest absolute Gasteiger partial charge is 0.328 e. The van der Waals surface area contributed by atoms with E-state index in [1.54, 1.807) is 72.4 Å². The van der Waals surface area contributed by atoms with Crippen molar-refractivity contribution < 1.29 is 29.0 Å². The van der Waals surface area contributed by atoms with Crippen LogP contribution in [0.5, 0.6) is 0 Å². The van der Waals surface area contributed by atoms with Gasteiger partial charge in [-0.05, 0) is 42.7 Å². The molecular weight excluding hydrogens is 595 g/mol. The lowest BCUT2D eigenvalue weighted by Crippen LogP contribution is -2.43. The Morgan fingerprint density at radius 3 is 2.59 bits per heavy atom. The number of aliphatic hydroxyl groups is 1. The van der Waals surface area contributed by atoms with Crippen molar-refractivity contribution in [1.82, 2.24) is 30.0 Å². The van der Waals surface area contributed by atoms with E-state index < -0.39 is 29.9 Å². The van der Waals surface area contributed by atoms with Crippen molar-refractivity contribution in [2.24, 2.45) is 0 Å². The third-order valence-corrected chi connectivity index (χ3v) is 8.11. The van der Waals surface area contributed by atoms with Gasteiger partial charge in [-0.25, -0.2) is 28.8 Å². The monoisotopic (exact) mass is 624 g/mol. The maximum atomic E-state index is 14.4. The van der Waals surface area contributed by atoms with Crippen molar-refractivity contribution >= 4 is 40.5 Å². The van der Waals surface area contributed by atoms with E-state index in [-0.39, 0.29) is 42.2 Å². The summed E-state index contributed by atoms with van der Waals surface area (Å²) in [6, 6.07) is 15.6. The number of fused-ring (bicyclic) bond motifs is 2. The molecule has 0 saturated heterocycles. The lowest BCUT2D eigenvalue weighted by Gasteiger charge is -2.23. The van der Waals surface area contributed by atoms with Crippen LogP contribution in [0.2, 0.25) is 0 Å². The van der Waals surface area contributed by atoms with Gasteiger partial charge in [0.25, 0.3) is 0 Å². The van der Waals surface area contributed by atoms with Crippen molar-refractivity contribution in [2.45, 2.75) is 37.8 Å². The van der Waals surface area contributed by atoms with Crippen molar-refractivity contribution in [1.29, 1.82) is 0 Å². The number of carbonyl (C=O) groups excluding carboxylic acids is 2. The molecule has 6 rings (SSSR count). The second-order valence-corrected chi connectivity index (χ2v) is 11.0. The standard InChI is InChI=1S/C32H29FN8O5/c1-32(19-11-8-17(9-12-19)10-13-23(43)36-22(16-42)30(44)45)24-26(34)37-28(38-27(24)39-31(32)46)25-20-6-4-14-35-29(20)41(40-25)15-18-5-2-3-7-21(18)33/h2-9,11-12,14,22,42H,10,13,15-16H2,1H3,(H,36,43)(H,44,45)(H3,34,37,38,39,46)/t22-,32?/m1/s1. The summed E-state index contributed by atoms with van der Waals surface area (Å²) in [7, 11) is 0. The molecule has 1 aliphatic heterocycles. The van der Waals surface area contributed by atoms with Gasteiger partial charge in [0, 0.05) is 18.2 Å². The number of rotatable bonds is 10. The number of nitrogens with two attached hydrogens (primary N) is 1. The summed E-state index contributed by atoms with van der Waals surface area (Å²) in [6.45, 7) is 1.14. The van der Waals surface area contributed by atoms with E-state index in [0.717, 1.165) is 5.56 Å². The van der Waals surface area contributed by atoms with Gasteiger partial charge in [0.1, 0.15) is 34.6 Å². The van der Waals surface area contributed by atoms with E-state index >= 15 is 0 Å². The van der Waals surface area contributed by atoms with Crippen LogP contribution >= 0.6 is 0 Å². The second-order valence-electron chi connectivity index (χ2n) is 11.0. The van der Waals surface area contributed by atoms with Gasteiger partial charge in [0.05, 0.1) is 24.1 Å². The molecule has 0 spiro atoms. The minimum absolute atomic E-state index is 0.00747. The normalized spacial score (nSPS) is 16.2. The number of pyridine rings is 1. The molecule has 0 radical (unpaired) electrons.